The largest absolute Gasteiger partial charge is 0.453 e. The van der Waals surface area contributed by atoms with Crippen molar-refractivity contribution in [1.29, 1.82) is 0 Å². The van der Waals surface area contributed by atoms with Gasteiger partial charge in [0.25, 0.3) is 0 Å². The molecule has 0 N–H and O–H groups in total. The highest BCUT2D eigenvalue weighted by Crippen LogP contribution is 2.38. The van der Waals surface area contributed by atoms with Crippen molar-refractivity contribution in [2.24, 2.45) is 5.41 Å². The zero-order chi connectivity index (χ0) is 24.5. The third-order valence-corrected chi connectivity index (χ3v) is 4.87. The molecule has 0 aliphatic rings. The van der Waals surface area contributed by atoms with E-state index in [0.717, 1.165) is 16.3 Å². The quantitative estimate of drug-likeness (QED) is 0.325. The van der Waals surface area contributed by atoms with Gasteiger partial charge in [0.15, 0.2) is 5.58 Å². The Morgan fingerprint density at radius 1 is 1.00 bits per heavy atom. The molecule has 0 bridgehead atoms. The van der Waals surface area contributed by atoms with Gasteiger partial charge in [-0.2, -0.15) is 0 Å². The molecule has 144 valence electrons. The number of hydrogen-bond acceptors (Lipinski definition) is 3. The van der Waals surface area contributed by atoms with Crippen LogP contribution in [0.2, 0.25) is 0 Å². The number of nitrogens with zero attached hydrogens (tertiary/aromatic N) is 2. The summed E-state index contributed by atoms with van der Waals surface area (Å²) >= 11 is 0. The Labute approximate surface area is 177 Å². The number of rotatable bonds is 2. The van der Waals surface area contributed by atoms with Crippen LogP contribution < -0.4 is 0 Å². The Kier molecular flexibility index (Phi) is 2.90. The second-order valence-corrected chi connectivity index (χ2v) is 8.33. The van der Waals surface area contributed by atoms with Crippen LogP contribution in [0.4, 0.5) is 0 Å². The topological polar surface area (TPSA) is 38.9 Å². The highest BCUT2D eigenvalue weighted by molar-refractivity contribution is 6.16. The minimum Gasteiger partial charge on any atom is -0.453 e. The van der Waals surface area contributed by atoms with E-state index in [4.69, 9.17) is 11.3 Å². The molecule has 5 aromatic rings. The lowest BCUT2D eigenvalue weighted by atomic mass is 9.88. The van der Waals surface area contributed by atoms with Crippen molar-refractivity contribution in [3.8, 4) is 11.3 Å². The van der Waals surface area contributed by atoms with Gasteiger partial charge in [0.1, 0.15) is 11.1 Å². The van der Waals surface area contributed by atoms with Gasteiger partial charge in [-0.15, -0.1) is 0 Å². The van der Waals surface area contributed by atoms with E-state index in [1.54, 1.807) is 24.4 Å². The average molecular weight is 386 g/mol. The molecule has 0 atom stereocenters. The van der Waals surface area contributed by atoms with Crippen LogP contribution in [0.3, 0.4) is 0 Å². The molecule has 5 rings (SSSR count). The number of fused-ring (bicyclic) bond motifs is 5. The van der Waals surface area contributed by atoms with E-state index in [1.807, 2.05) is 51.1 Å². The minimum absolute atomic E-state index is 0.185. The standard InChI is InChI=1S/C26H24N2O/c1-16-12-18-8-9-20-19-6-5-7-21(24(19)29-25(20)23(18)28-15-16)22-13-17(10-11-27-22)14-26(2,3)4/h5-13,15H,14H2,1-4H3/i1D3,14D2. The number of furan rings is 1. The summed E-state index contributed by atoms with van der Waals surface area (Å²) in [7, 11) is 0. The third-order valence-electron chi connectivity index (χ3n) is 4.87. The van der Waals surface area contributed by atoms with E-state index < -0.39 is 18.6 Å². The second-order valence-electron chi connectivity index (χ2n) is 8.33. The first-order chi connectivity index (χ1) is 15.9. The van der Waals surface area contributed by atoms with Gasteiger partial charge >= 0.3 is 0 Å². The lowest BCUT2D eigenvalue weighted by Gasteiger charge is -2.18. The zero-order valence-corrected chi connectivity index (χ0v) is 16.6. The van der Waals surface area contributed by atoms with Crippen molar-refractivity contribution in [3.05, 3.63) is 72.1 Å². The lowest BCUT2D eigenvalue weighted by molar-refractivity contribution is 0.411. The Balaban J connectivity index is 1.73. The predicted molar refractivity (Wildman–Crippen MR) is 120 cm³/mol. The van der Waals surface area contributed by atoms with Crippen LogP contribution in [0.5, 0.6) is 0 Å². The molecule has 29 heavy (non-hydrogen) atoms. The molecule has 0 spiro atoms. The van der Waals surface area contributed by atoms with Crippen LogP contribution in [0.15, 0.2) is 65.3 Å². The Morgan fingerprint density at radius 3 is 2.69 bits per heavy atom. The van der Waals surface area contributed by atoms with E-state index in [1.165, 1.54) is 6.20 Å². The first-order valence-corrected chi connectivity index (χ1v) is 9.59. The highest BCUT2D eigenvalue weighted by atomic mass is 16.3. The molecule has 0 aliphatic heterocycles. The van der Waals surface area contributed by atoms with E-state index >= 15 is 0 Å². The van der Waals surface area contributed by atoms with Crippen molar-refractivity contribution < 1.29 is 11.3 Å². The van der Waals surface area contributed by atoms with Crippen molar-refractivity contribution in [2.75, 3.05) is 0 Å². The fourth-order valence-electron chi connectivity index (χ4n) is 3.74. The summed E-state index contributed by atoms with van der Waals surface area (Å²) in [6, 6.07) is 14.7. The molecule has 0 radical (unpaired) electrons. The number of benzene rings is 2. The van der Waals surface area contributed by atoms with Crippen molar-refractivity contribution in [3.63, 3.8) is 0 Å². The van der Waals surface area contributed by atoms with Gasteiger partial charge < -0.3 is 4.42 Å². The summed E-state index contributed by atoms with van der Waals surface area (Å²) < 4.78 is 46.6. The SMILES string of the molecule is [2H]C([2H])([2H])c1cnc2c(ccc3c4cccc(-c5cc(C([2H])([2H])C(C)(C)C)ccn5)c4oc32)c1. The first kappa shape index (κ1) is 13.1. The molecule has 0 saturated carbocycles. The molecular weight excluding hydrogens is 356 g/mol. The molecule has 0 unspecified atom stereocenters. The van der Waals surface area contributed by atoms with Gasteiger partial charge in [0.05, 0.1) is 5.69 Å². The minimum atomic E-state index is -2.23. The molecule has 3 heteroatoms. The molecule has 0 fully saturated rings. The fraction of sp³-hybridized carbons (Fsp3) is 0.231. The van der Waals surface area contributed by atoms with Crippen LogP contribution in [0.25, 0.3) is 44.1 Å². The average Bonchev–Trinajstić information content (AvgIpc) is 3.16. The van der Waals surface area contributed by atoms with Crippen LogP contribution in [0.1, 0.15) is 38.8 Å². The predicted octanol–water partition coefficient (Wildman–Crippen LogP) is 7.09. The maximum atomic E-state index is 8.65. The monoisotopic (exact) mass is 385 g/mol. The molecule has 3 nitrogen and oxygen atoms in total. The Bertz CT molecular complexity index is 1560. The van der Waals surface area contributed by atoms with Crippen LogP contribution in [-0.4, -0.2) is 9.97 Å². The summed E-state index contributed by atoms with van der Waals surface area (Å²) in [6.07, 6.45) is 1.46. The highest BCUT2D eigenvalue weighted by Gasteiger charge is 2.17. The van der Waals surface area contributed by atoms with Crippen molar-refractivity contribution in [2.45, 2.75) is 34.0 Å². The van der Waals surface area contributed by atoms with E-state index in [-0.39, 0.29) is 5.56 Å². The smallest absolute Gasteiger partial charge is 0.161 e. The van der Waals surface area contributed by atoms with Gasteiger partial charge in [-0.05, 0) is 60.1 Å². The molecule has 3 aromatic heterocycles. The van der Waals surface area contributed by atoms with Crippen LogP contribution >= 0.6 is 0 Å². The third kappa shape index (κ3) is 3.17. The molecule has 3 heterocycles. The van der Waals surface area contributed by atoms with E-state index in [9.17, 15) is 0 Å². The molecular formula is C26H24N2O. The van der Waals surface area contributed by atoms with E-state index in [0.29, 0.717) is 33.3 Å². The maximum Gasteiger partial charge on any atom is 0.161 e. The number of hydrogen-bond donors (Lipinski definition) is 0. The number of pyridine rings is 2. The molecule has 0 saturated heterocycles. The molecule has 2 aromatic carbocycles. The molecule has 0 aliphatic carbocycles. The van der Waals surface area contributed by atoms with Gasteiger partial charge in [0, 0.05) is 41.0 Å². The maximum absolute atomic E-state index is 8.65. The van der Waals surface area contributed by atoms with Gasteiger partial charge in [-0.1, -0.05) is 39.0 Å². The Hall–Kier alpha value is -3.20. The first-order valence-electron chi connectivity index (χ1n) is 12.1. The Morgan fingerprint density at radius 2 is 1.86 bits per heavy atom. The summed E-state index contributed by atoms with van der Waals surface area (Å²) in [5, 5.41) is 2.46. The number of aromatic nitrogens is 2. The summed E-state index contributed by atoms with van der Waals surface area (Å²) in [5.74, 6) is 0. The van der Waals surface area contributed by atoms with Crippen molar-refractivity contribution >= 4 is 32.8 Å². The van der Waals surface area contributed by atoms with Gasteiger partial charge in [-0.3, -0.25) is 9.97 Å². The fourth-order valence-corrected chi connectivity index (χ4v) is 3.74. The van der Waals surface area contributed by atoms with Gasteiger partial charge in [-0.25, -0.2) is 0 Å². The van der Waals surface area contributed by atoms with Crippen LogP contribution in [-0.2, 0) is 6.37 Å². The van der Waals surface area contributed by atoms with Gasteiger partial charge in [0.2, 0.25) is 0 Å². The summed E-state index contributed by atoms with van der Waals surface area (Å²) in [5.41, 5.74) is 3.34. The lowest BCUT2D eigenvalue weighted by Crippen LogP contribution is -2.09. The van der Waals surface area contributed by atoms with Crippen LogP contribution in [0, 0.1) is 12.3 Å². The van der Waals surface area contributed by atoms with Crippen molar-refractivity contribution in [1.82, 2.24) is 9.97 Å². The summed E-state index contributed by atoms with van der Waals surface area (Å²) in [4.78, 5) is 8.95. The number of aryl methyl sites for hydroxylation is 1. The zero-order valence-electron chi connectivity index (χ0n) is 21.6. The van der Waals surface area contributed by atoms with E-state index in [2.05, 4.69) is 9.97 Å². The normalized spacial score (nSPS) is 15.8. The molecule has 0 amide bonds. The number of para-hydroxylation sites is 1. The second kappa shape index (κ2) is 6.41. The summed E-state index contributed by atoms with van der Waals surface area (Å²) in [6.45, 7) is 3.40.